The fourth-order valence-corrected chi connectivity index (χ4v) is 1.87. The van der Waals surface area contributed by atoms with Crippen LogP contribution in [-0.2, 0) is 20.7 Å². The van der Waals surface area contributed by atoms with Gasteiger partial charge >= 0.3 is 5.97 Å². The number of methoxy groups -OCH3 is 1. The first-order chi connectivity index (χ1) is 11.1. The van der Waals surface area contributed by atoms with Crippen molar-refractivity contribution in [3.63, 3.8) is 0 Å². The second kappa shape index (κ2) is 8.04. The Morgan fingerprint density at radius 3 is 2.74 bits per heavy atom. The van der Waals surface area contributed by atoms with Crippen LogP contribution in [0.15, 0.2) is 34.9 Å². The van der Waals surface area contributed by atoms with Crippen LogP contribution in [0.1, 0.15) is 12.3 Å². The standard InChI is InChI=1S/C15H17N3O5/c1-22-15(21)11(9-19)16-12(20)7-8-13-17-14(18-23-13)10-5-3-2-4-6-10/h2-6,11,19H,7-9H2,1H3,(H,16,20)/t11-/m0/s1. The summed E-state index contributed by atoms with van der Waals surface area (Å²) in [6.07, 6.45) is 0.273. The van der Waals surface area contributed by atoms with E-state index in [9.17, 15) is 9.59 Å². The van der Waals surface area contributed by atoms with E-state index in [2.05, 4.69) is 20.2 Å². The number of hydrogen-bond donors (Lipinski definition) is 2. The second-order valence-corrected chi connectivity index (χ2v) is 4.70. The molecule has 2 rings (SSSR count). The minimum Gasteiger partial charge on any atom is -0.467 e. The number of aromatic nitrogens is 2. The monoisotopic (exact) mass is 319 g/mol. The van der Waals surface area contributed by atoms with Crippen LogP contribution >= 0.6 is 0 Å². The van der Waals surface area contributed by atoms with Gasteiger partial charge in [0, 0.05) is 18.4 Å². The van der Waals surface area contributed by atoms with Gasteiger partial charge in [0.15, 0.2) is 6.04 Å². The van der Waals surface area contributed by atoms with E-state index in [1.165, 1.54) is 7.11 Å². The fraction of sp³-hybridized carbons (Fsp3) is 0.333. The first kappa shape index (κ1) is 16.6. The van der Waals surface area contributed by atoms with E-state index in [4.69, 9.17) is 9.63 Å². The topological polar surface area (TPSA) is 115 Å². The molecule has 8 nitrogen and oxygen atoms in total. The van der Waals surface area contributed by atoms with Gasteiger partial charge in [-0.15, -0.1) is 0 Å². The van der Waals surface area contributed by atoms with Gasteiger partial charge in [-0.1, -0.05) is 35.5 Å². The maximum Gasteiger partial charge on any atom is 0.330 e. The maximum atomic E-state index is 11.8. The van der Waals surface area contributed by atoms with Crippen LogP contribution in [0, 0.1) is 0 Å². The number of carbonyl (C=O) groups is 2. The van der Waals surface area contributed by atoms with E-state index in [0.717, 1.165) is 5.56 Å². The number of nitrogens with one attached hydrogen (secondary N) is 1. The van der Waals surface area contributed by atoms with Crippen molar-refractivity contribution in [1.29, 1.82) is 0 Å². The molecule has 0 saturated carbocycles. The number of benzene rings is 1. The highest BCUT2D eigenvalue weighted by molar-refractivity contribution is 5.84. The van der Waals surface area contributed by atoms with Crippen molar-refractivity contribution >= 4 is 11.9 Å². The highest BCUT2D eigenvalue weighted by atomic mass is 16.5. The Morgan fingerprint density at radius 1 is 1.35 bits per heavy atom. The number of ether oxygens (including phenoxy) is 1. The minimum atomic E-state index is -1.07. The van der Waals surface area contributed by atoms with Crippen molar-refractivity contribution in [3.8, 4) is 11.4 Å². The van der Waals surface area contributed by atoms with Gasteiger partial charge in [-0.25, -0.2) is 4.79 Å². The van der Waals surface area contributed by atoms with Crippen molar-refractivity contribution in [1.82, 2.24) is 15.5 Å². The summed E-state index contributed by atoms with van der Waals surface area (Å²) in [4.78, 5) is 27.2. The quantitative estimate of drug-likeness (QED) is 0.706. The third-order valence-corrected chi connectivity index (χ3v) is 3.07. The van der Waals surface area contributed by atoms with E-state index < -0.39 is 24.5 Å². The lowest BCUT2D eigenvalue weighted by atomic mass is 10.2. The number of rotatable bonds is 7. The van der Waals surface area contributed by atoms with Gasteiger partial charge in [-0.3, -0.25) is 4.79 Å². The number of carbonyl (C=O) groups excluding carboxylic acids is 2. The van der Waals surface area contributed by atoms with Gasteiger partial charge in [-0.2, -0.15) is 4.98 Å². The Hall–Kier alpha value is -2.74. The molecule has 1 aromatic carbocycles. The summed E-state index contributed by atoms with van der Waals surface area (Å²) >= 11 is 0. The predicted octanol–water partition coefficient (Wildman–Crippen LogP) is 0.319. The summed E-state index contributed by atoms with van der Waals surface area (Å²) in [5.41, 5.74) is 0.818. The number of aliphatic hydroxyl groups excluding tert-OH is 1. The zero-order valence-corrected chi connectivity index (χ0v) is 12.6. The lowest BCUT2D eigenvalue weighted by molar-refractivity contribution is -0.146. The summed E-state index contributed by atoms with van der Waals surface area (Å²) in [5, 5.41) is 15.3. The molecule has 0 aliphatic carbocycles. The fourth-order valence-electron chi connectivity index (χ4n) is 1.87. The van der Waals surface area contributed by atoms with Crippen molar-refractivity contribution in [3.05, 3.63) is 36.2 Å². The number of aliphatic hydroxyl groups is 1. The molecule has 0 fully saturated rings. The Balaban J connectivity index is 1.88. The molecule has 2 N–H and O–H groups in total. The average molecular weight is 319 g/mol. The number of esters is 1. The van der Waals surface area contributed by atoms with Crippen molar-refractivity contribution in [2.24, 2.45) is 0 Å². The van der Waals surface area contributed by atoms with Crippen molar-refractivity contribution < 1.29 is 24.0 Å². The van der Waals surface area contributed by atoms with Crippen LogP contribution in [0.3, 0.4) is 0 Å². The molecule has 122 valence electrons. The molecule has 0 radical (unpaired) electrons. The predicted molar refractivity (Wildman–Crippen MR) is 79.1 cm³/mol. The van der Waals surface area contributed by atoms with Crippen LogP contribution in [0.2, 0.25) is 0 Å². The molecule has 0 saturated heterocycles. The van der Waals surface area contributed by atoms with Gasteiger partial charge < -0.3 is 19.7 Å². The lowest BCUT2D eigenvalue weighted by Crippen LogP contribution is -2.44. The molecule has 1 aromatic heterocycles. The minimum absolute atomic E-state index is 0.0456. The van der Waals surface area contributed by atoms with Gasteiger partial charge in [-0.05, 0) is 0 Å². The molecule has 0 spiro atoms. The third-order valence-electron chi connectivity index (χ3n) is 3.07. The van der Waals surface area contributed by atoms with Crippen molar-refractivity contribution in [2.45, 2.75) is 18.9 Å². The second-order valence-electron chi connectivity index (χ2n) is 4.70. The highest BCUT2D eigenvalue weighted by Crippen LogP contribution is 2.15. The molecule has 0 bridgehead atoms. The number of hydrogen-bond acceptors (Lipinski definition) is 7. The van der Waals surface area contributed by atoms with Gasteiger partial charge in [0.2, 0.25) is 17.6 Å². The van der Waals surface area contributed by atoms with Crippen LogP contribution in [-0.4, -0.2) is 46.9 Å². The molecule has 1 atom stereocenters. The Labute approximate surface area is 132 Å². The van der Waals surface area contributed by atoms with Crippen LogP contribution in [0.25, 0.3) is 11.4 Å². The largest absolute Gasteiger partial charge is 0.467 e. The Kier molecular flexibility index (Phi) is 5.81. The molecule has 23 heavy (non-hydrogen) atoms. The van der Waals surface area contributed by atoms with Crippen molar-refractivity contribution in [2.75, 3.05) is 13.7 Å². The normalized spacial score (nSPS) is 11.7. The smallest absolute Gasteiger partial charge is 0.330 e. The summed E-state index contributed by atoms with van der Waals surface area (Å²) < 4.78 is 9.55. The molecule has 1 amide bonds. The molecule has 2 aromatic rings. The van der Waals surface area contributed by atoms with E-state index in [-0.39, 0.29) is 12.8 Å². The number of nitrogens with zero attached hydrogens (tertiary/aromatic N) is 2. The molecule has 8 heteroatoms. The number of aryl methyl sites for hydroxylation is 1. The zero-order valence-electron chi connectivity index (χ0n) is 12.6. The summed E-state index contributed by atoms with van der Waals surface area (Å²) in [7, 11) is 1.18. The summed E-state index contributed by atoms with van der Waals surface area (Å²) in [6.45, 7) is -0.531. The third kappa shape index (κ3) is 4.62. The first-order valence-corrected chi connectivity index (χ1v) is 7.00. The van der Waals surface area contributed by atoms with Crippen LogP contribution in [0.5, 0.6) is 0 Å². The molecule has 0 aliphatic heterocycles. The Bertz CT molecular complexity index is 656. The molecule has 1 heterocycles. The van der Waals surface area contributed by atoms with Crippen LogP contribution in [0.4, 0.5) is 0 Å². The lowest BCUT2D eigenvalue weighted by Gasteiger charge is -2.13. The molecular weight excluding hydrogens is 302 g/mol. The van der Waals surface area contributed by atoms with Gasteiger partial charge in [0.25, 0.3) is 0 Å². The molecule has 0 aliphatic rings. The highest BCUT2D eigenvalue weighted by Gasteiger charge is 2.20. The summed E-state index contributed by atoms with van der Waals surface area (Å²) in [5.74, 6) is -0.361. The van der Waals surface area contributed by atoms with E-state index in [1.807, 2.05) is 30.3 Å². The van der Waals surface area contributed by atoms with Gasteiger partial charge in [0.1, 0.15) is 0 Å². The average Bonchev–Trinajstić information content (AvgIpc) is 3.07. The van der Waals surface area contributed by atoms with Crippen LogP contribution < -0.4 is 5.32 Å². The zero-order chi connectivity index (χ0) is 16.7. The molecular formula is C15H17N3O5. The molecule has 0 unspecified atom stereocenters. The number of amides is 1. The summed E-state index contributed by atoms with van der Waals surface area (Å²) in [6, 6.07) is 8.23. The Morgan fingerprint density at radius 2 is 2.09 bits per heavy atom. The van der Waals surface area contributed by atoms with E-state index >= 15 is 0 Å². The SMILES string of the molecule is COC(=O)[C@H](CO)NC(=O)CCc1nc(-c2ccccc2)no1. The maximum absolute atomic E-state index is 11.8. The van der Waals surface area contributed by atoms with Gasteiger partial charge in [0.05, 0.1) is 13.7 Å². The van der Waals surface area contributed by atoms with E-state index in [0.29, 0.717) is 11.7 Å². The van der Waals surface area contributed by atoms with E-state index in [1.54, 1.807) is 0 Å². The first-order valence-electron chi connectivity index (χ1n) is 7.00.